The molecule has 7 nitrogen and oxygen atoms in total. The van der Waals surface area contributed by atoms with Crippen LogP contribution in [-0.4, -0.2) is 43.7 Å². The third kappa shape index (κ3) is 5.06. The first-order valence-corrected chi connectivity index (χ1v) is 10.7. The first-order valence-electron chi connectivity index (χ1n) is 9.86. The number of aliphatic imine (C=N–C) groups is 1. The molecule has 0 saturated heterocycles. The van der Waals surface area contributed by atoms with Gasteiger partial charge in [0.25, 0.3) is 0 Å². The van der Waals surface area contributed by atoms with Crippen LogP contribution >= 0.6 is 11.3 Å². The van der Waals surface area contributed by atoms with Crippen LogP contribution in [0, 0.1) is 6.92 Å². The quantitative estimate of drug-likeness (QED) is 0.426. The Morgan fingerprint density at radius 3 is 3.00 bits per heavy atom. The molecule has 8 heteroatoms. The molecule has 0 aliphatic carbocycles. The van der Waals surface area contributed by atoms with Crippen molar-refractivity contribution in [3.63, 3.8) is 0 Å². The van der Waals surface area contributed by atoms with Crippen LogP contribution in [0.3, 0.4) is 0 Å². The minimum absolute atomic E-state index is 0.0879. The number of aromatic nitrogens is 1. The highest BCUT2D eigenvalue weighted by Crippen LogP contribution is 2.32. The number of hydrogen-bond acceptors (Lipinski definition) is 6. The second kappa shape index (κ2) is 9.73. The summed E-state index contributed by atoms with van der Waals surface area (Å²) in [5.74, 6) is 1.71. The van der Waals surface area contributed by atoms with E-state index in [1.54, 1.807) is 14.0 Å². The zero-order chi connectivity index (χ0) is 20.8. The molecule has 2 heterocycles. The fourth-order valence-corrected chi connectivity index (χ4v) is 4.26. The predicted octanol–water partition coefficient (Wildman–Crippen LogP) is 3.42. The van der Waals surface area contributed by atoms with Crippen molar-refractivity contribution in [1.82, 2.24) is 15.6 Å². The second-order valence-electron chi connectivity index (χ2n) is 6.88. The highest BCUT2D eigenvalue weighted by molar-refractivity contribution is 7.13. The van der Waals surface area contributed by atoms with Crippen LogP contribution in [0.4, 0.5) is 0 Å². The van der Waals surface area contributed by atoms with Crippen molar-refractivity contribution in [1.29, 1.82) is 0 Å². The van der Waals surface area contributed by atoms with E-state index in [0.29, 0.717) is 29.1 Å². The van der Waals surface area contributed by atoms with Gasteiger partial charge in [-0.15, -0.1) is 11.3 Å². The molecule has 0 saturated carbocycles. The first kappa shape index (κ1) is 21.1. The Morgan fingerprint density at radius 2 is 2.24 bits per heavy atom. The molecule has 0 fully saturated rings. The molecule has 2 aromatic rings. The number of carbonyl (C=O) groups is 1. The van der Waals surface area contributed by atoms with E-state index in [4.69, 9.17) is 9.47 Å². The number of rotatable bonds is 6. The molecule has 0 bridgehead atoms. The average Bonchev–Trinajstić information content (AvgIpc) is 3.13. The van der Waals surface area contributed by atoms with Gasteiger partial charge in [0.05, 0.1) is 24.9 Å². The summed E-state index contributed by atoms with van der Waals surface area (Å²) in [6.07, 6.45) is 0.963. The van der Waals surface area contributed by atoms with Gasteiger partial charge in [-0.1, -0.05) is 18.2 Å². The summed E-state index contributed by atoms with van der Waals surface area (Å²) < 4.78 is 10.8. The van der Waals surface area contributed by atoms with E-state index in [-0.39, 0.29) is 12.0 Å². The fraction of sp³-hybridized carbons (Fsp3) is 0.476. The van der Waals surface area contributed by atoms with E-state index >= 15 is 0 Å². The van der Waals surface area contributed by atoms with Gasteiger partial charge in [0.2, 0.25) is 0 Å². The van der Waals surface area contributed by atoms with Gasteiger partial charge in [0.15, 0.2) is 5.96 Å². The maximum absolute atomic E-state index is 12.0. The molecule has 1 aromatic heterocycles. The zero-order valence-corrected chi connectivity index (χ0v) is 18.1. The van der Waals surface area contributed by atoms with Gasteiger partial charge in [-0.2, -0.15) is 0 Å². The lowest BCUT2D eigenvalue weighted by Gasteiger charge is -2.27. The van der Waals surface area contributed by atoms with E-state index in [2.05, 4.69) is 26.7 Å². The smallest absolute Gasteiger partial charge is 0.350 e. The van der Waals surface area contributed by atoms with Crippen molar-refractivity contribution < 1.29 is 14.3 Å². The number of esters is 1. The van der Waals surface area contributed by atoms with Crippen LogP contribution in [0.25, 0.3) is 0 Å². The number of nitrogens with zero attached hydrogens (tertiary/aromatic N) is 2. The summed E-state index contributed by atoms with van der Waals surface area (Å²) >= 11 is 1.36. The Balaban J connectivity index is 1.61. The minimum atomic E-state index is -0.318. The molecule has 0 amide bonds. The molecule has 2 atom stereocenters. The van der Waals surface area contributed by atoms with Crippen LogP contribution in [0.5, 0.6) is 5.75 Å². The van der Waals surface area contributed by atoms with Crippen molar-refractivity contribution in [3.05, 3.63) is 45.4 Å². The number of guanidine groups is 1. The topological polar surface area (TPSA) is 84.8 Å². The lowest BCUT2D eigenvalue weighted by atomic mass is 9.93. The lowest BCUT2D eigenvalue weighted by Crippen LogP contribution is -2.41. The molecule has 0 radical (unpaired) electrons. The van der Waals surface area contributed by atoms with Crippen molar-refractivity contribution in [2.75, 3.05) is 26.8 Å². The van der Waals surface area contributed by atoms with Gasteiger partial charge in [-0.25, -0.2) is 9.78 Å². The van der Waals surface area contributed by atoms with Crippen molar-refractivity contribution in [3.8, 4) is 5.75 Å². The predicted molar refractivity (Wildman–Crippen MR) is 115 cm³/mol. The van der Waals surface area contributed by atoms with E-state index in [1.165, 1.54) is 16.9 Å². The molecule has 2 unspecified atom stereocenters. The SMILES string of the molecule is CCOC(=O)c1sc(C(C)NC(=NC)NCC2CCOc3ccccc32)nc1C. The number of para-hydroxylation sites is 1. The highest BCUT2D eigenvalue weighted by Gasteiger charge is 2.23. The molecule has 156 valence electrons. The number of fused-ring (bicyclic) bond motifs is 1. The number of carbonyl (C=O) groups excluding carboxylic acids is 1. The Bertz CT molecular complexity index is 881. The number of nitrogens with one attached hydrogen (secondary N) is 2. The molecule has 29 heavy (non-hydrogen) atoms. The van der Waals surface area contributed by atoms with Crippen LogP contribution in [0.15, 0.2) is 29.3 Å². The van der Waals surface area contributed by atoms with Crippen molar-refractivity contribution in [2.45, 2.75) is 39.2 Å². The summed E-state index contributed by atoms with van der Waals surface area (Å²) in [6, 6.07) is 8.09. The summed E-state index contributed by atoms with van der Waals surface area (Å²) in [6.45, 7) is 7.47. The number of thiazole rings is 1. The van der Waals surface area contributed by atoms with E-state index in [1.807, 2.05) is 32.0 Å². The van der Waals surface area contributed by atoms with Crippen LogP contribution in [-0.2, 0) is 4.74 Å². The summed E-state index contributed by atoms with van der Waals surface area (Å²) in [5.41, 5.74) is 1.92. The molecule has 2 N–H and O–H groups in total. The molecule has 1 aromatic carbocycles. The van der Waals surface area contributed by atoms with Gasteiger partial charge in [-0.3, -0.25) is 4.99 Å². The monoisotopic (exact) mass is 416 g/mol. The van der Waals surface area contributed by atoms with Crippen LogP contribution < -0.4 is 15.4 Å². The Morgan fingerprint density at radius 1 is 1.45 bits per heavy atom. The fourth-order valence-electron chi connectivity index (χ4n) is 3.30. The third-order valence-corrected chi connectivity index (χ3v) is 6.14. The molecule has 0 spiro atoms. The largest absolute Gasteiger partial charge is 0.493 e. The molecule has 1 aliphatic rings. The maximum atomic E-state index is 12.0. The lowest BCUT2D eigenvalue weighted by molar-refractivity contribution is 0.0531. The van der Waals surface area contributed by atoms with E-state index in [9.17, 15) is 4.79 Å². The van der Waals surface area contributed by atoms with Gasteiger partial charge in [0, 0.05) is 19.5 Å². The van der Waals surface area contributed by atoms with Gasteiger partial charge in [-0.05, 0) is 38.8 Å². The van der Waals surface area contributed by atoms with Crippen LogP contribution in [0.2, 0.25) is 0 Å². The second-order valence-corrected chi connectivity index (χ2v) is 7.91. The molecular formula is C21H28N4O3S. The molecular weight excluding hydrogens is 388 g/mol. The summed E-state index contributed by atoms with van der Waals surface area (Å²) in [4.78, 5) is 21.5. The maximum Gasteiger partial charge on any atom is 0.350 e. The third-order valence-electron chi connectivity index (χ3n) is 4.82. The Kier molecular flexibility index (Phi) is 7.09. The minimum Gasteiger partial charge on any atom is -0.493 e. The standard InChI is InChI=1S/C21H28N4O3S/c1-5-27-20(26)18-13(2)24-19(29-18)14(3)25-21(22-4)23-12-15-10-11-28-17-9-7-6-8-16(15)17/h6-9,14-15H,5,10-12H2,1-4H3,(H2,22,23,25). The molecule has 1 aliphatic heterocycles. The summed E-state index contributed by atoms with van der Waals surface area (Å²) in [5, 5.41) is 7.60. The number of benzene rings is 1. The van der Waals surface area contributed by atoms with Crippen molar-refractivity contribution >= 4 is 23.3 Å². The van der Waals surface area contributed by atoms with Crippen LogP contribution in [0.1, 0.15) is 58.2 Å². The highest BCUT2D eigenvalue weighted by atomic mass is 32.1. The van der Waals surface area contributed by atoms with Gasteiger partial charge in [0.1, 0.15) is 15.6 Å². The molecule has 3 rings (SSSR count). The summed E-state index contributed by atoms with van der Waals surface area (Å²) in [7, 11) is 1.75. The Hall–Kier alpha value is -2.61. The van der Waals surface area contributed by atoms with E-state index < -0.39 is 0 Å². The number of aryl methyl sites for hydroxylation is 1. The zero-order valence-electron chi connectivity index (χ0n) is 17.3. The van der Waals surface area contributed by atoms with Crippen molar-refractivity contribution in [2.24, 2.45) is 4.99 Å². The van der Waals surface area contributed by atoms with Gasteiger partial charge >= 0.3 is 5.97 Å². The first-order chi connectivity index (χ1) is 14.0. The number of ether oxygens (including phenoxy) is 2. The normalized spacial score (nSPS) is 17.1. The Labute approximate surface area is 175 Å². The van der Waals surface area contributed by atoms with E-state index in [0.717, 1.165) is 30.3 Å². The van der Waals surface area contributed by atoms with Gasteiger partial charge < -0.3 is 20.1 Å². The average molecular weight is 417 g/mol. The number of hydrogen-bond donors (Lipinski definition) is 2.